The SMILES string of the molecule is C=CCNC(=O)CN1C[C@@H]2CCC[C@]2(C(=O)OC)C1. The molecule has 1 saturated heterocycles. The van der Waals surface area contributed by atoms with Crippen molar-refractivity contribution in [1.29, 1.82) is 0 Å². The van der Waals surface area contributed by atoms with Crippen molar-refractivity contribution in [2.75, 3.05) is 33.3 Å². The molecule has 2 fully saturated rings. The predicted molar refractivity (Wildman–Crippen MR) is 71.4 cm³/mol. The average Bonchev–Trinajstić information content (AvgIpc) is 2.92. The predicted octanol–water partition coefficient (Wildman–Crippen LogP) is 0.564. The lowest BCUT2D eigenvalue weighted by Crippen LogP contribution is -2.40. The highest BCUT2D eigenvalue weighted by Gasteiger charge is 2.55. The van der Waals surface area contributed by atoms with Gasteiger partial charge in [-0.05, 0) is 18.8 Å². The second-order valence-electron chi connectivity index (χ2n) is 5.50. The molecule has 1 heterocycles. The molecule has 1 aliphatic heterocycles. The molecule has 2 rings (SSSR count). The van der Waals surface area contributed by atoms with Gasteiger partial charge >= 0.3 is 5.97 Å². The number of nitrogens with one attached hydrogen (secondary N) is 1. The summed E-state index contributed by atoms with van der Waals surface area (Å²) in [5.41, 5.74) is -0.368. The normalized spacial score (nSPS) is 29.8. The fourth-order valence-corrected chi connectivity index (χ4v) is 3.50. The van der Waals surface area contributed by atoms with Gasteiger partial charge in [-0.3, -0.25) is 14.5 Å². The Morgan fingerprint density at radius 1 is 1.58 bits per heavy atom. The van der Waals surface area contributed by atoms with Crippen LogP contribution in [0.1, 0.15) is 19.3 Å². The van der Waals surface area contributed by atoms with Gasteiger partial charge in [0.05, 0.1) is 19.1 Å². The van der Waals surface area contributed by atoms with E-state index in [2.05, 4.69) is 16.8 Å². The summed E-state index contributed by atoms with van der Waals surface area (Å²) in [6.07, 6.45) is 4.68. The second kappa shape index (κ2) is 5.74. The lowest BCUT2D eigenvalue weighted by atomic mass is 9.81. The maximum atomic E-state index is 12.1. The lowest BCUT2D eigenvalue weighted by Gasteiger charge is -2.25. The van der Waals surface area contributed by atoms with Crippen LogP contribution in [0.3, 0.4) is 0 Å². The Hall–Kier alpha value is -1.36. The fraction of sp³-hybridized carbons (Fsp3) is 0.714. The Morgan fingerprint density at radius 3 is 3.05 bits per heavy atom. The van der Waals surface area contributed by atoms with Crippen molar-refractivity contribution in [2.24, 2.45) is 11.3 Å². The highest BCUT2D eigenvalue weighted by molar-refractivity contribution is 5.80. The van der Waals surface area contributed by atoms with Crippen molar-refractivity contribution in [1.82, 2.24) is 10.2 Å². The fourth-order valence-electron chi connectivity index (χ4n) is 3.50. The van der Waals surface area contributed by atoms with Crippen LogP contribution in [0.2, 0.25) is 0 Å². The van der Waals surface area contributed by atoms with E-state index in [9.17, 15) is 9.59 Å². The second-order valence-corrected chi connectivity index (χ2v) is 5.50. The van der Waals surface area contributed by atoms with Crippen molar-refractivity contribution < 1.29 is 14.3 Å². The first-order valence-corrected chi connectivity index (χ1v) is 6.81. The number of hydrogen-bond donors (Lipinski definition) is 1. The Labute approximate surface area is 114 Å². The number of nitrogens with zero attached hydrogens (tertiary/aromatic N) is 1. The van der Waals surface area contributed by atoms with Crippen molar-refractivity contribution >= 4 is 11.9 Å². The molecule has 0 aromatic rings. The molecule has 0 aromatic heterocycles. The van der Waals surface area contributed by atoms with Crippen molar-refractivity contribution in [3.8, 4) is 0 Å². The number of carbonyl (C=O) groups is 2. The van der Waals surface area contributed by atoms with Gasteiger partial charge in [-0.1, -0.05) is 12.5 Å². The van der Waals surface area contributed by atoms with Crippen LogP contribution >= 0.6 is 0 Å². The van der Waals surface area contributed by atoms with Gasteiger partial charge in [0, 0.05) is 19.6 Å². The summed E-state index contributed by atoms with van der Waals surface area (Å²) in [6.45, 7) is 5.86. The third-order valence-corrected chi connectivity index (χ3v) is 4.34. The molecule has 0 bridgehead atoms. The van der Waals surface area contributed by atoms with Crippen LogP contribution < -0.4 is 5.32 Å². The average molecular weight is 266 g/mol. The summed E-state index contributed by atoms with van der Waals surface area (Å²) in [5.74, 6) is 0.219. The molecule has 2 aliphatic rings. The summed E-state index contributed by atoms with van der Waals surface area (Å²) in [7, 11) is 1.45. The summed E-state index contributed by atoms with van der Waals surface area (Å²) in [5, 5.41) is 2.77. The quantitative estimate of drug-likeness (QED) is 0.583. The Morgan fingerprint density at radius 2 is 2.37 bits per heavy atom. The van der Waals surface area contributed by atoms with Crippen molar-refractivity contribution in [3.05, 3.63) is 12.7 Å². The highest BCUT2D eigenvalue weighted by atomic mass is 16.5. The Balaban J connectivity index is 1.96. The summed E-state index contributed by atoms with van der Waals surface area (Å²) < 4.78 is 4.98. The van der Waals surface area contributed by atoms with Gasteiger partial charge in [0.2, 0.25) is 5.91 Å². The molecule has 5 heteroatoms. The van der Waals surface area contributed by atoms with Crippen LogP contribution in [0.25, 0.3) is 0 Å². The zero-order valence-electron chi connectivity index (χ0n) is 11.5. The number of methoxy groups -OCH3 is 1. The zero-order chi connectivity index (χ0) is 13.9. The van der Waals surface area contributed by atoms with E-state index in [-0.39, 0.29) is 17.3 Å². The van der Waals surface area contributed by atoms with E-state index in [4.69, 9.17) is 4.74 Å². The van der Waals surface area contributed by atoms with Gasteiger partial charge in [-0.2, -0.15) is 0 Å². The number of rotatable bonds is 5. The van der Waals surface area contributed by atoms with Gasteiger partial charge in [-0.15, -0.1) is 6.58 Å². The van der Waals surface area contributed by atoms with Gasteiger partial charge in [-0.25, -0.2) is 0 Å². The van der Waals surface area contributed by atoms with Crippen LogP contribution in [-0.2, 0) is 14.3 Å². The number of amides is 1. The molecule has 0 unspecified atom stereocenters. The van der Waals surface area contributed by atoms with E-state index < -0.39 is 0 Å². The number of ether oxygens (including phenoxy) is 1. The minimum atomic E-state index is -0.368. The number of carbonyl (C=O) groups excluding carboxylic acids is 2. The number of hydrogen-bond acceptors (Lipinski definition) is 4. The molecule has 2 atom stereocenters. The van der Waals surface area contributed by atoms with Gasteiger partial charge in [0.1, 0.15) is 0 Å². The first kappa shape index (κ1) is 14.1. The van der Waals surface area contributed by atoms with E-state index >= 15 is 0 Å². The number of esters is 1. The Bertz CT molecular complexity index is 383. The van der Waals surface area contributed by atoms with E-state index in [1.807, 2.05) is 0 Å². The summed E-state index contributed by atoms with van der Waals surface area (Å²) in [6, 6.07) is 0. The van der Waals surface area contributed by atoms with Crippen LogP contribution in [0, 0.1) is 11.3 Å². The van der Waals surface area contributed by atoms with Crippen LogP contribution in [0.15, 0.2) is 12.7 Å². The molecule has 1 N–H and O–H groups in total. The molecule has 106 valence electrons. The van der Waals surface area contributed by atoms with E-state index in [1.165, 1.54) is 7.11 Å². The topological polar surface area (TPSA) is 58.6 Å². The maximum absolute atomic E-state index is 12.1. The van der Waals surface area contributed by atoms with Gasteiger partial charge < -0.3 is 10.1 Å². The third-order valence-electron chi connectivity index (χ3n) is 4.34. The lowest BCUT2D eigenvalue weighted by molar-refractivity contribution is -0.153. The molecular weight excluding hydrogens is 244 g/mol. The van der Waals surface area contributed by atoms with Gasteiger partial charge in [0.25, 0.3) is 0 Å². The molecule has 5 nitrogen and oxygen atoms in total. The minimum absolute atomic E-state index is 0.0140. The third kappa shape index (κ3) is 2.66. The monoisotopic (exact) mass is 266 g/mol. The molecule has 19 heavy (non-hydrogen) atoms. The van der Waals surface area contributed by atoms with Crippen LogP contribution in [0.5, 0.6) is 0 Å². The molecule has 0 aromatic carbocycles. The molecule has 1 amide bonds. The Kier molecular flexibility index (Phi) is 4.24. The molecule has 0 radical (unpaired) electrons. The number of fused-ring (bicyclic) bond motifs is 1. The van der Waals surface area contributed by atoms with Crippen LogP contribution in [-0.4, -0.2) is 50.1 Å². The largest absolute Gasteiger partial charge is 0.469 e. The minimum Gasteiger partial charge on any atom is -0.469 e. The van der Waals surface area contributed by atoms with E-state index in [0.717, 1.165) is 25.8 Å². The molecule has 1 saturated carbocycles. The van der Waals surface area contributed by atoms with Gasteiger partial charge in [0.15, 0.2) is 0 Å². The number of likely N-dealkylation sites (tertiary alicyclic amines) is 1. The highest BCUT2D eigenvalue weighted by Crippen LogP contribution is 2.49. The molecular formula is C14H22N2O3. The summed E-state index contributed by atoms with van der Waals surface area (Å²) in [4.78, 5) is 25.8. The molecule has 1 aliphatic carbocycles. The summed E-state index contributed by atoms with van der Waals surface area (Å²) >= 11 is 0. The standard InChI is InChI=1S/C14H22N2O3/c1-3-7-15-12(17)9-16-8-11-5-4-6-14(11,10-16)13(18)19-2/h3,11H,1,4-10H2,2H3,(H,15,17)/t11-,14-/m0/s1. The zero-order valence-corrected chi connectivity index (χ0v) is 11.5. The van der Waals surface area contributed by atoms with E-state index in [0.29, 0.717) is 25.6 Å². The maximum Gasteiger partial charge on any atom is 0.313 e. The van der Waals surface area contributed by atoms with Crippen molar-refractivity contribution in [2.45, 2.75) is 19.3 Å². The first-order chi connectivity index (χ1) is 9.12. The molecule has 0 spiro atoms. The smallest absolute Gasteiger partial charge is 0.313 e. The van der Waals surface area contributed by atoms with Crippen molar-refractivity contribution in [3.63, 3.8) is 0 Å². The van der Waals surface area contributed by atoms with Crippen LogP contribution in [0.4, 0.5) is 0 Å². The van der Waals surface area contributed by atoms with E-state index in [1.54, 1.807) is 6.08 Å². The first-order valence-electron chi connectivity index (χ1n) is 6.81.